The molecular weight excluding hydrogens is 278 g/mol. The number of rotatable bonds is 3. The molecule has 0 amide bonds. The lowest BCUT2D eigenvalue weighted by Crippen LogP contribution is -2.30. The fourth-order valence-corrected chi connectivity index (χ4v) is 4.44. The summed E-state index contributed by atoms with van der Waals surface area (Å²) in [5.41, 5.74) is 0.703. The van der Waals surface area contributed by atoms with Crippen molar-refractivity contribution in [3.63, 3.8) is 0 Å². The molecule has 108 valence electrons. The highest BCUT2D eigenvalue weighted by atomic mass is 32.2. The van der Waals surface area contributed by atoms with E-state index in [0.29, 0.717) is 35.8 Å². The molecule has 0 bridgehead atoms. The standard InChI is InChI=1S/C13H17N3O3S/c1-19-10-5-6-13-14-12(15-16(13)9-10)8-11-4-2-3-7-20(11,17)18/h5-6,9,11H,2-4,7-8H2,1H3. The maximum Gasteiger partial charge on any atom is 0.155 e. The second-order valence-electron chi connectivity index (χ2n) is 5.09. The number of nitrogens with zero attached hydrogens (tertiary/aromatic N) is 3. The zero-order chi connectivity index (χ0) is 14.2. The number of sulfone groups is 1. The fraction of sp³-hybridized carbons (Fsp3) is 0.538. The molecule has 1 unspecified atom stereocenters. The Morgan fingerprint density at radius 2 is 2.25 bits per heavy atom. The van der Waals surface area contributed by atoms with Gasteiger partial charge in [0.1, 0.15) is 5.75 Å². The Bertz CT molecular complexity index is 724. The molecule has 7 heteroatoms. The number of ether oxygens (including phenoxy) is 1. The van der Waals surface area contributed by atoms with Crippen LogP contribution in [0.25, 0.3) is 5.65 Å². The molecule has 2 aromatic rings. The van der Waals surface area contributed by atoms with Gasteiger partial charge in [0.2, 0.25) is 0 Å². The van der Waals surface area contributed by atoms with Gasteiger partial charge < -0.3 is 4.74 Å². The predicted octanol–water partition coefficient (Wildman–Crippen LogP) is 1.25. The van der Waals surface area contributed by atoms with Crippen LogP contribution in [0.4, 0.5) is 0 Å². The molecule has 1 aliphatic heterocycles. The van der Waals surface area contributed by atoms with Crippen molar-refractivity contribution in [2.24, 2.45) is 0 Å². The molecule has 0 aliphatic carbocycles. The minimum absolute atomic E-state index is 0.291. The van der Waals surface area contributed by atoms with Crippen molar-refractivity contribution in [2.75, 3.05) is 12.9 Å². The Kier molecular flexibility index (Phi) is 3.37. The van der Waals surface area contributed by atoms with Crippen LogP contribution in [0.5, 0.6) is 5.75 Å². The van der Waals surface area contributed by atoms with Crippen LogP contribution in [-0.2, 0) is 16.3 Å². The summed E-state index contributed by atoms with van der Waals surface area (Å²) in [6.07, 6.45) is 4.58. The molecule has 0 N–H and O–H groups in total. The number of aromatic nitrogens is 3. The van der Waals surface area contributed by atoms with Gasteiger partial charge in [0.15, 0.2) is 21.3 Å². The molecule has 1 saturated heterocycles. The van der Waals surface area contributed by atoms with Crippen molar-refractivity contribution in [1.82, 2.24) is 14.6 Å². The van der Waals surface area contributed by atoms with E-state index < -0.39 is 9.84 Å². The summed E-state index contributed by atoms with van der Waals surface area (Å²) >= 11 is 0. The van der Waals surface area contributed by atoms with E-state index in [1.54, 1.807) is 17.8 Å². The minimum Gasteiger partial charge on any atom is -0.495 e. The van der Waals surface area contributed by atoms with Gasteiger partial charge in [0.25, 0.3) is 0 Å². The third-order valence-electron chi connectivity index (χ3n) is 3.71. The van der Waals surface area contributed by atoms with Crippen molar-refractivity contribution >= 4 is 15.5 Å². The molecule has 3 heterocycles. The van der Waals surface area contributed by atoms with E-state index in [-0.39, 0.29) is 5.25 Å². The normalized spacial score (nSPS) is 21.9. The summed E-state index contributed by atoms with van der Waals surface area (Å²) in [4.78, 5) is 4.38. The highest BCUT2D eigenvalue weighted by molar-refractivity contribution is 7.92. The van der Waals surface area contributed by atoms with Crippen molar-refractivity contribution in [2.45, 2.75) is 30.9 Å². The van der Waals surface area contributed by atoms with E-state index in [2.05, 4.69) is 10.1 Å². The minimum atomic E-state index is -2.99. The Labute approximate surface area is 117 Å². The summed E-state index contributed by atoms with van der Waals surface area (Å²) < 4.78 is 30.8. The molecule has 0 spiro atoms. The SMILES string of the molecule is COc1ccc2nc(CC3CCCCS3(=O)=O)nn2c1. The highest BCUT2D eigenvalue weighted by Gasteiger charge is 2.30. The van der Waals surface area contributed by atoms with E-state index >= 15 is 0 Å². The van der Waals surface area contributed by atoms with Gasteiger partial charge >= 0.3 is 0 Å². The topological polar surface area (TPSA) is 73.6 Å². The lowest BCUT2D eigenvalue weighted by Gasteiger charge is -2.20. The molecule has 0 saturated carbocycles. The van der Waals surface area contributed by atoms with Crippen LogP contribution in [0.1, 0.15) is 25.1 Å². The molecule has 0 aromatic carbocycles. The molecule has 6 nitrogen and oxygen atoms in total. The molecule has 1 fully saturated rings. The zero-order valence-corrected chi connectivity index (χ0v) is 12.1. The van der Waals surface area contributed by atoms with E-state index in [0.717, 1.165) is 12.8 Å². The number of pyridine rings is 1. The Balaban J connectivity index is 1.87. The van der Waals surface area contributed by atoms with Crippen LogP contribution in [0.3, 0.4) is 0 Å². The van der Waals surface area contributed by atoms with Crippen LogP contribution in [-0.4, -0.2) is 41.1 Å². The number of hydrogen-bond donors (Lipinski definition) is 0. The Morgan fingerprint density at radius 1 is 1.40 bits per heavy atom. The van der Waals surface area contributed by atoms with Crippen molar-refractivity contribution in [1.29, 1.82) is 0 Å². The Morgan fingerprint density at radius 3 is 3.00 bits per heavy atom. The van der Waals surface area contributed by atoms with Gasteiger partial charge in [-0.1, -0.05) is 6.42 Å². The lowest BCUT2D eigenvalue weighted by atomic mass is 10.1. The first-order chi connectivity index (χ1) is 9.58. The van der Waals surface area contributed by atoms with Gasteiger partial charge in [-0.05, 0) is 25.0 Å². The first-order valence-electron chi connectivity index (χ1n) is 6.69. The maximum absolute atomic E-state index is 12.0. The predicted molar refractivity (Wildman–Crippen MR) is 74.7 cm³/mol. The molecule has 1 atom stereocenters. The van der Waals surface area contributed by atoms with Crippen molar-refractivity contribution in [3.05, 3.63) is 24.2 Å². The summed E-state index contributed by atoms with van der Waals surface area (Å²) in [6.45, 7) is 0. The van der Waals surface area contributed by atoms with Crippen molar-refractivity contribution in [3.8, 4) is 5.75 Å². The van der Waals surface area contributed by atoms with Gasteiger partial charge in [-0.3, -0.25) is 0 Å². The van der Waals surface area contributed by atoms with E-state index in [1.807, 2.05) is 12.1 Å². The quantitative estimate of drug-likeness (QED) is 0.852. The van der Waals surface area contributed by atoms with Gasteiger partial charge in [-0.15, -0.1) is 0 Å². The second kappa shape index (κ2) is 5.05. The summed E-state index contributed by atoms with van der Waals surface area (Å²) in [5.74, 6) is 1.56. The molecule has 3 rings (SSSR count). The third kappa shape index (κ3) is 2.49. The van der Waals surface area contributed by atoms with Crippen molar-refractivity contribution < 1.29 is 13.2 Å². The first-order valence-corrected chi connectivity index (χ1v) is 8.41. The summed E-state index contributed by atoms with van der Waals surface area (Å²) in [6, 6.07) is 3.62. The van der Waals surface area contributed by atoms with Crippen LogP contribution in [0.15, 0.2) is 18.3 Å². The molecule has 2 aromatic heterocycles. The Hall–Kier alpha value is -1.63. The van der Waals surface area contributed by atoms with Gasteiger partial charge in [0.05, 0.1) is 24.3 Å². The molecule has 20 heavy (non-hydrogen) atoms. The van der Waals surface area contributed by atoms with Crippen LogP contribution in [0, 0.1) is 0 Å². The van der Waals surface area contributed by atoms with Crippen LogP contribution >= 0.6 is 0 Å². The van der Waals surface area contributed by atoms with E-state index in [9.17, 15) is 8.42 Å². The average molecular weight is 295 g/mol. The number of hydrogen-bond acceptors (Lipinski definition) is 5. The molecular formula is C13H17N3O3S. The number of methoxy groups -OCH3 is 1. The first kappa shape index (κ1) is 13.4. The largest absolute Gasteiger partial charge is 0.495 e. The average Bonchev–Trinajstić information content (AvgIpc) is 2.82. The van der Waals surface area contributed by atoms with Gasteiger partial charge in [-0.2, -0.15) is 5.10 Å². The van der Waals surface area contributed by atoms with Crippen LogP contribution < -0.4 is 4.74 Å². The fourth-order valence-electron chi connectivity index (χ4n) is 2.57. The van der Waals surface area contributed by atoms with E-state index in [4.69, 9.17) is 4.74 Å². The second-order valence-corrected chi connectivity index (χ2v) is 7.49. The van der Waals surface area contributed by atoms with Crippen LogP contribution in [0.2, 0.25) is 0 Å². The monoisotopic (exact) mass is 295 g/mol. The lowest BCUT2D eigenvalue weighted by molar-refractivity contribution is 0.411. The van der Waals surface area contributed by atoms with E-state index in [1.165, 1.54) is 0 Å². The highest BCUT2D eigenvalue weighted by Crippen LogP contribution is 2.22. The van der Waals surface area contributed by atoms with Gasteiger partial charge in [0, 0.05) is 6.42 Å². The maximum atomic E-state index is 12.0. The number of fused-ring (bicyclic) bond motifs is 1. The zero-order valence-electron chi connectivity index (χ0n) is 11.3. The molecule has 1 aliphatic rings. The smallest absolute Gasteiger partial charge is 0.155 e. The third-order valence-corrected chi connectivity index (χ3v) is 5.98. The summed E-state index contributed by atoms with van der Waals surface area (Å²) in [7, 11) is -1.40. The summed E-state index contributed by atoms with van der Waals surface area (Å²) in [5, 5.41) is 4.00. The molecule has 0 radical (unpaired) electrons. The van der Waals surface area contributed by atoms with Gasteiger partial charge in [-0.25, -0.2) is 17.9 Å².